The Labute approximate surface area is 140 Å². The van der Waals surface area contributed by atoms with E-state index in [1.54, 1.807) is 0 Å². The Hall–Kier alpha value is -1.24. The number of nitrogens with two attached hydrogens (primary N) is 1. The van der Waals surface area contributed by atoms with Crippen molar-refractivity contribution in [2.45, 2.75) is 57.1 Å². The Morgan fingerprint density at radius 2 is 1.91 bits per heavy atom. The second-order valence-corrected chi connectivity index (χ2v) is 9.15. The number of ether oxygens (including phenoxy) is 1. The summed E-state index contributed by atoms with van der Waals surface area (Å²) in [6.07, 6.45) is 1.07. The summed E-state index contributed by atoms with van der Waals surface area (Å²) in [5, 5.41) is 0. The molecule has 1 aliphatic rings. The number of hydrogen-bond acceptors (Lipinski definition) is 4. The van der Waals surface area contributed by atoms with Gasteiger partial charge in [0.1, 0.15) is 23.1 Å². The molecule has 1 heterocycles. The summed E-state index contributed by atoms with van der Waals surface area (Å²) < 4.78 is 19.8. The standard InChI is InChI=1S/C17H26N2O3S/c1-17(2,3)23(21)19(11-13-7-5-4-6-8-13)12-14-9-10-15(18)16(20)22-14/h4-8,14-15H,9-12,18H2,1-3H3/t14-,15?,23?/m0/s1. The van der Waals surface area contributed by atoms with E-state index in [1.165, 1.54) is 0 Å². The van der Waals surface area contributed by atoms with Gasteiger partial charge in [-0.25, -0.2) is 8.51 Å². The lowest BCUT2D eigenvalue weighted by molar-refractivity contribution is -0.156. The number of cyclic esters (lactones) is 1. The fourth-order valence-corrected chi connectivity index (χ4v) is 3.86. The largest absolute Gasteiger partial charge is 0.460 e. The average Bonchev–Trinajstić information content (AvgIpc) is 2.49. The number of carbonyl (C=O) groups excluding carboxylic acids is 1. The van der Waals surface area contributed by atoms with Crippen LogP contribution in [0.2, 0.25) is 0 Å². The number of nitrogens with zero attached hydrogens (tertiary/aromatic N) is 1. The van der Waals surface area contributed by atoms with E-state index >= 15 is 0 Å². The van der Waals surface area contributed by atoms with E-state index in [9.17, 15) is 9.00 Å². The van der Waals surface area contributed by atoms with E-state index in [4.69, 9.17) is 10.5 Å². The number of esters is 1. The molecule has 0 aliphatic carbocycles. The molecule has 0 saturated carbocycles. The smallest absolute Gasteiger partial charge is 0.323 e. The van der Waals surface area contributed by atoms with E-state index in [0.717, 1.165) is 5.56 Å². The third-order valence-electron chi connectivity index (χ3n) is 3.75. The first-order valence-electron chi connectivity index (χ1n) is 7.94. The molecule has 128 valence electrons. The predicted molar refractivity (Wildman–Crippen MR) is 91.8 cm³/mol. The van der Waals surface area contributed by atoms with Crippen LogP contribution in [0.4, 0.5) is 0 Å². The van der Waals surface area contributed by atoms with Crippen molar-refractivity contribution in [2.24, 2.45) is 5.73 Å². The normalized spacial score (nSPS) is 23.6. The first-order valence-corrected chi connectivity index (χ1v) is 9.05. The predicted octanol–water partition coefficient (Wildman–Crippen LogP) is 1.98. The van der Waals surface area contributed by atoms with Gasteiger partial charge in [0, 0.05) is 13.1 Å². The quantitative estimate of drug-likeness (QED) is 0.833. The molecule has 0 bridgehead atoms. The lowest BCUT2D eigenvalue weighted by Gasteiger charge is -2.33. The second kappa shape index (κ2) is 7.55. The van der Waals surface area contributed by atoms with Gasteiger partial charge in [-0.05, 0) is 39.2 Å². The van der Waals surface area contributed by atoms with Crippen LogP contribution < -0.4 is 5.73 Å². The summed E-state index contributed by atoms with van der Waals surface area (Å²) in [6, 6.07) is 9.38. The van der Waals surface area contributed by atoms with Crippen LogP contribution in [0.15, 0.2) is 30.3 Å². The number of carbonyl (C=O) groups is 1. The van der Waals surface area contributed by atoms with Gasteiger partial charge in [-0.2, -0.15) is 0 Å². The van der Waals surface area contributed by atoms with Crippen molar-refractivity contribution in [1.82, 2.24) is 4.31 Å². The molecule has 1 aliphatic heterocycles. The highest BCUT2D eigenvalue weighted by Crippen LogP contribution is 2.22. The molecular weight excluding hydrogens is 312 g/mol. The van der Waals surface area contributed by atoms with Crippen molar-refractivity contribution in [3.8, 4) is 0 Å². The zero-order valence-corrected chi connectivity index (χ0v) is 14.8. The minimum absolute atomic E-state index is 0.252. The minimum atomic E-state index is -1.19. The maximum atomic E-state index is 12.9. The fraction of sp³-hybridized carbons (Fsp3) is 0.588. The topological polar surface area (TPSA) is 72.6 Å². The Bertz CT molecular complexity index is 557. The lowest BCUT2D eigenvalue weighted by Crippen LogP contribution is -2.47. The maximum Gasteiger partial charge on any atom is 0.323 e. The monoisotopic (exact) mass is 338 g/mol. The van der Waals surface area contributed by atoms with Crippen LogP contribution in [0.25, 0.3) is 0 Å². The van der Waals surface area contributed by atoms with Crippen LogP contribution in [0.3, 0.4) is 0 Å². The van der Waals surface area contributed by atoms with Crippen LogP contribution in [0.1, 0.15) is 39.2 Å². The molecule has 5 nitrogen and oxygen atoms in total. The van der Waals surface area contributed by atoms with Crippen molar-refractivity contribution in [2.75, 3.05) is 6.54 Å². The van der Waals surface area contributed by atoms with Gasteiger partial charge in [-0.3, -0.25) is 4.79 Å². The molecule has 6 heteroatoms. The minimum Gasteiger partial charge on any atom is -0.460 e. The van der Waals surface area contributed by atoms with E-state index in [-0.39, 0.29) is 16.8 Å². The molecule has 1 fully saturated rings. The van der Waals surface area contributed by atoms with Gasteiger partial charge < -0.3 is 10.5 Å². The summed E-state index contributed by atoms with van der Waals surface area (Å²) >= 11 is 0. The van der Waals surface area contributed by atoms with Gasteiger partial charge in [0.15, 0.2) is 0 Å². The van der Waals surface area contributed by atoms with Gasteiger partial charge in [-0.15, -0.1) is 0 Å². The van der Waals surface area contributed by atoms with Crippen molar-refractivity contribution in [3.63, 3.8) is 0 Å². The number of hydrogen-bond donors (Lipinski definition) is 1. The summed E-state index contributed by atoms with van der Waals surface area (Å²) in [5.74, 6) is -0.359. The molecule has 2 unspecified atom stereocenters. The molecule has 3 atom stereocenters. The second-order valence-electron chi connectivity index (χ2n) is 6.91. The van der Waals surface area contributed by atoms with Crippen LogP contribution >= 0.6 is 0 Å². The van der Waals surface area contributed by atoms with Crippen LogP contribution in [0, 0.1) is 0 Å². The van der Waals surface area contributed by atoms with Gasteiger partial charge in [-0.1, -0.05) is 30.3 Å². The highest BCUT2D eigenvalue weighted by atomic mass is 32.2. The Balaban J connectivity index is 2.10. The molecule has 1 saturated heterocycles. The third kappa shape index (κ3) is 5.12. The summed E-state index contributed by atoms with van der Waals surface area (Å²) in [6.45, 7) is 6.86. The molecule has 0 spiro atoms. The highest BCUT2D eigenvalue weighted by Gasteiger charge is 2.32. The highest BCUT2D eigenvalue weighted by molar-refractivity contribution is 7.84. The first-order chi connectivity index (χ1) is 10.8. The van der Waals surface area contributed by atoms with E-state index in [1.807, 2.05) is 55.4 Å². The van der Waals surface area contributed by atoms with Crippen molar-refractivity contribution in [3.05, 3.63) is 35.9 Å². The van der Waals surface area contributed by atoms with E-state index in [2.05, 4.69) is 0 Å². The van der Waals surface area contributed by atoms with Crippen LogP contribution in [-0.4, -0.2) is 37.9 Å². The van der Waals surface area contributed by atoms with Gasteiger partial charge in [0.25, 0.3) is 0 Å². The Morgan fingerprint density at radius 3 is 2.48 bits per heavy atom. The fourth-order valence-electron chi connectivity index (χ4n) is 2.51. The van der Waals surface area contributed by atoms with E-state index < -0.39 is 17.0 Å². The zero-order valence-electron chi connectivity index (χ0n) is 14.0. The Kier molecular flexibility index (Phi) is 5.95. The SMILES string of the molecule is CC(C)(C)S(=O)N(Cc1ccccc1)C[C@@H]1CCC(N)C(=O)O1. The molecule has 2 rings (SSSR count). The molecule has 0 radical (unpaired) electrons. The van der Waals surface area contributed by atoms with Crippen LogP contribution in [-0.2, 0) is 27.1 Å². The van der Waals surface area contributed by atoms with Gasteiger partial charge >= 0.3 is 5.97 Å². The van der Waals surface area contributed by atoms with Crippen LogP contribution in [0.5, 0.6) is 0 Å². The molecular formula is C17H26N2O3S. The zero-order chi connectivity index (χ0) is 17.0. The third-order valence-corrected chi connectivity index (χ3v) is 5.55. The lowest BCUT2D eigenvalue weighted by atomic mass is 10.1. The van der Waals surface area contributed by atoms with Crippen molar-refractivity contribution >= 4 is 17.0 Å². The molecule has 1 aromatic rings. The van der Waals surface area contributed by atoms with Crippen molar-refractivity contribution < 1.29 is 13.7 Å². The number of rotatable bonds is 5. The molecule has 0 aromatic heterocycles. The number of benzene rings is 1. The Morgan fingerprint density at radius 1 is 1.26 bits per heavy atom. The molecule has 2 N–H and O–H groups in total. The van der Waals surface area contributed by atoms with Crippen molar-refractivity contribution in [1.29, 1.82) is 0 Å². The maximum absolute atomic E-state index is 12.9. The molecule has 23 heavy (non-hydrogen) atoms. The molecule has 0 amide bonds. The first kappa shape index (κ1) is 18.1. The molecule has 1 aromatic carbocycles. The summed E-state index contributed by atoms with van der Waals surface area (Å²) in [7, 11) is -1.19. The van der Waals surface area contributed by atoms with E-state index in [0.29, 0.717) is 25.9 Å². The van der Waals surface area contributed by atoms with Gasteiger partial charge in [0.05, 0.1) is 4.75 Å². The average molecular weight is 338 g/mol. The van der Waals surface area contributed by atoms with Gasteiger partial charge in [0.2, 0.25) is 0 Å². The summed E-state index contributed by atoms with van der Waals surface area (Å²) in [5.41, 5.74) is 6.76. The summed E-state index contributed by atoms with van der Waals surface area (Å²) in [4.78, 5) is 11.7.